The SMILES string of the molecule is CCCCCCCCC(=O)OCC(COC(=O)CCCCCCCC)CC(=O)OC[C@H]1C[C@@H](OC(=O)CC(COC(=O)CCCCCCCC)COC(=O)CCCCCCCC)CN1C(=O)OC1CCCCN(C)C1. The van der Waals surface area contributed by atoms with Crippen LogP contribution in [-0.4, -0.2) is 130 Å². The lowest BCUT2D eigenvalue weighted by molar-refractivity contribution is -0.157. The number of unbranched alkanes of at least 4 members (excludes halogenated alkanes) is 20. The highest BCUT2D eigenvalue weighted by atomic mass is 16.6. The van der Waals surface area contributed by atoms with Crippen LogP contribution in [0.25, 0.3) is 0 Å². The van der Waals surface area contributed by atoms with Gasteiger partial charge in [0.25, 0.3) is 0 Å². The van der Waals surface area contributed by atoms with Crippen molar-refractivity contribution in [2.45, 2.75) is 264 Å². The van der Waals surface area contributed by atoms with Gasteiger partial charge < -0.3 is 38.1 Å². The van der Waals surface area contributed by atoms with Crippen LogP contribution in [-0.2, 0) is 61.9 Å². The van der Waals surface area contributed by atoms with Crippen LogP contribution in [0.3, 0.4) is 0 Å². The van der Waals surface area contributed by atoms with Crippen LogP contribution in [0.5, 0.6) is 0 Å². The molecular weight excluding hydrogens is 961 g/mol. The van der Waals surface area contributed by atoms with Gasteiger partial charge in [0.2, 0.25) is 0 Å². The third-order valence-electron chi connectivity index (χ3n) is 14.2. The molecule has 434 valence electrons. The molecule has 2 heterocycles. The minimum absolute atomic E-state index is 0.00770. The molecule has 0 spiro atoms. The third-order valence-corrected chi connectivity index (χ3v) is 14.2. The summed E-state index contributed by atoms with van der Waals surface area (Å²) in [5.41, 5.74) is 0. The topological polar surface area (TPSA) is 191 Å². The van der Waals surface area contributed by atoms with Crippen molar-refractivity contribution in [2.75, 3.05) is 59.7 Å². The maximum atomic E-state index is 13.9. The third kappa shape index (κ3) is 35.2. The predicted molar refractivity (Wildman–Crippen MR) is 290 cm³/mol. The first-order valence-electron chi connectivity index (χ1n) is 30.0. The Morgan fingerprint density at radius 1 is 0.427 bits per heavy atom. The second kappa shape index (κ2) is 44.1. The van der Waals surface area contributed by atoms with E-state index in [9.17, 15) is 33.6 Å². The number of amides is 1. The molecule has 1 unspecified atom stereocenters. The Balaban J connectivity index is 2.14. The molecule has 16 heteroatoms. The Labute approximate surface area is 452 Å². The zero-order valence-corrected chi connectivity index (χ0v) is 47.7. The van der Waals surface area contributed by atoms with Gasteiger partial charge in [-0.05, 0) is 58.5 Å². The molecule has 0 saturated carbocycles. The van der Waals surface area contributed by atoms with Gasteiger partial charge in [-0.15, -0.1) is 0 Å². The van der Waals surface area contributed by atoms with Crippen molar-refractivity contribution in [3.63, 3.8) is 0 Å². The van der Waals surface area contributed by atoms with Crippen molar-refractivity contribution in [2.24, 2.45) is 11.8 Å². The normalized spacial score (nSPS) is 16.9. The molecule has 2 aliphatic heterocycles. The molecule has 0 aliphatic carbocycles. The number of hydrogen-bond donors (Lipinski definition) is 0. The van der Waals surface area contributed by atoms with E-state index in [-0.39, 0.29) is 115 Å². The summed E-state index contributed by atoms with van der Waals surface area (Å²) in [6, 6.07) is -0.701. The van der Waals surface area contributed by atoms with Crippen molar-refractivity contribution in [3.8, 4) is 0 Å². The highest BCUT2D eigenvalue weighted by Crippen LogP contribution is 2.26. The zero-order valence-electron chi connectivity index (χ0n) is 47.7. The van der Waals surface area contributed by atoms with E-state index in [0.717, 1.165) is 148 Å². The lowest BCUT2D eigenvalue weighted by atomic mass is 10.1. The molecule has 0 N–H and O–H groups in total. The molecule has 0 bridgehead atoms. The number of rotatable bonds is 44. The fourth-order valence-corrected chi connectivity index (χ4v) is 9.55. The quantitative estimate of drug-likeness (QED) is 0.0318. The lowest BCUT2D eigenvalue weighted by Crippen LogP contribution is -2.42. The van der Waals surface area contributed by atoms with Crippen LogP contribution in [0.15, 0.2) is 0 Å². The highest BCUT2D eigenvalue weighted by molar-refractivity contribution is 5.73. The van der Waals surface area contributed by atoms with Crippen LogP contribution in [0.4, 0.5) is 4.79 Å². The number of likely N-dealkylation sites (tertiary alicyclic amines) is 2. The van der Waals surface area contributed by atoms with Crippen LogP contribution < -0.4 is 0 Å². The average Bonchev–Trinajstić information content (AvgIpc) is 3.68. The highest BCUT2D eigenvalue weighted by Gasteiger charge is 2.40. The van der Waals surface area contributed by atoms with Crippen LogP contribution in [0.2, 0.25) is 0 Å². The van der Waals surface area contributed by atoms with Gasteiger partial charge in [-0.2, -0.15) is 0 Å². The number of ether oxygens (including phenoxy) is 7. The summed E-state index contributed by atoms with van der Waals surface area (Å²) in [6.07, 6.45) is 26.1. The summed E-state index contributed by atoms with van der Waals surface area (Å²) in [4.78, 5) is 95.8. The number of carbonyl (C=O) groups excluding carboxylic acids is 7. The molecule has 2 aliphatic rings. The summed E-state index contributed by atoms with van der Waals surface area (Å²) >= 11 is 0. The Kier molecular flexibility index (Phi) is 39.5. The molecule has 0 radical (unpaired) electrons. The van der Waals surface area contributed by atoms with Crippen molar-refractivity contribution < 1.29 is 66.7 Å². The fraction of sp³-hybridized carbons (Fsp3) is 0.881. The fourth-order valence-electron chi connectivity index (χ4n) is 9.55. The Hall–Kier alpha value is -3.95. The number of carbonyl (C=O) groups is 7. The van der Waals surface area contributed by atoms with E-state index < -0.39 is 42.0 Å². The molecule has 0 aromatic rings. The maximum absolute atomic E-state index is 13.9. The predicted octanol–water partition coefficient (Wildman–Crippen LogP) is 12.3. The van der Waals surface area contributed by atoms with E-state index in [2.05, 4.69) is 32.6 Å². The molecular formula is C59H104N2O14. The van der Waals surface area contributed by atoms with Crippen LogP contribution in [0.1, 0.15) is 246 Å². The summed E-state index contributed by atoms with van der Waals surface area (Å²) in [5, 5.41) is 0. The Bertz CT molecular complexity index is 1500. The average molecular weight is 1070 g/mol. The van der Waals surface area contributed by atoms with E-state index in [1.807, 2.05) is 7.05 Å². The summed E-state index contributed by atoms with van der Waals surface area (Å²) in [6.45, 7) is 9.37. The molecule has 16 nitrogen and oxygen atoms in total. The van der Waals surface area contributed by atoms with Crippen molar-refractivity contribution >= 4 is 41.9 Å². The van der Waals surface area contributed by atoms with Crippen molar-refractivity contribution in [1.82, 2.24) is 9.80 Å². The minimum Gasteiger partial charge on any atom is -0.465 e. The number of esters is 6. The van der Waals surface area contributed by atoms with Gasteiger partial charge >= 0.3 is 41.9 Å². The number of nitrogens with zero attached hydrogens (tertiary/aromatic N) is 2. The van der Waals surface area contributed by atoms with Gasteiger partial charge in [-0.3, -0.25) is 33.7 Å². The summed E-state index contributed by atoms with van der Waals surface area (Å²) < 4.78 is 40.3. The number of hydrogen-bond acceptors (Lipinski definition) is 15. The van der Waals surface area contributed by atoms with Gasteiger partial charge in [0.1, 0.15) is 18.8 Å². The second-order valence-corrected chi connectivity index (χ2v) is 21.5. The second-order valence-electron chi connectivity index (χ2n) is 21.5. The van der Waals surface area contributed by atoms with E-state index in [1.165, 1.54) is 4.90 Å². The molecule has 0 aromatic heterocycles. The first-order valence-corrected chi connectivity index (χ1v) is 30.0. The zero-order chi connectivity index (χ0) is 54.7. The van der Waals surface area contributed by atoms with Gasteiger partial charge in [-0.25, -0.2) is 4.79 Å². The molecule has 2 saturated heterocycles. The first-order chi connectivity index (χ1) is 36.4. The molecule has 3 atom stereocenters. The van der Waals surface area contributed by atoms with Crippen molar-refractivity contribution in [3.05, 3.63) is 0 Å². The maximum Gasteiger partial charge on any atom is 0.410 e. The monoisotopic (exact) mass is 1060 g/mol. The Morgan fingerprint density at radius 2 is 0.813 bits per heavy atom. The summed E-state index contributed by atoms with van der Waals surface area (Å²) in [5.74, 6) is -4.02. The first kappa shape index (κ1) is 67.2. The van der Waals surface area contributed by atoms with Gasteiger partial charge in [0, 0.05) is 50.5 Å². The number of likely N-dealkylation sites (N-methyl/N-ethyl adjacent to an activating group) is 1. The van der Waals surface area contributed by atoms with Crippen LogP contribution >= 0.6 is 0 Å². The largest absolute Gasteiger partial charge is 0.465 e. The van der Waals surface area contributed by atoms with Gasteiger partial charge in [-0.1, -0.05) is 156 Å². The van der Waals surface area contributed by atoms with E-state index in [4.69, 9.17) is 33.2 Å². The lowest BCUT2D eigenvalue weighted by Gasteiger charge is -2.27. The van der Waals surface area contributed by atoms with Gasteiger partial charge in [0.05, 0.1) is 51.9 Å². The van der Waals surface area contributed by atoms with E-state index in [0.29, 0.717) is 38.6 Å². The van der Waals surface area contributed by atoms with E-state index >= 15 is 0 Å². The van der Waals surface area contributed by atoms with Gasteiger partial charge in [0.15, 0.2) is 0 Å². The molecule has 2 rings (SSSR count). The molecule has 0 aromatic carbocycles. The molecule has 2 fully saturated rings. The van der Waals surface area contributed by atoms with E-state index in [1.54, 1.807) is 0 Å². The minimum atomic E-state index is -0.776. The van der Waals surface area contributed by atoms with Crippen LogP contribution in [0, 0.1) is 11.8 Å². The molecule has 75 heavy (non-hydrogen) atoms. The molecule has 1 amide bonds. The Morgan fingerprint density at radius 3 is 1.23 bits per heavy atom. The van der Waals surface area contributed by atoms with Crippen molar-refractivity contribution in [1.29, 1.82) is 0 Å². The summed E-state index contributed by atoms with van der Waals surface area (Å²) in [7, 11) is 1.99. The standard InChI is InChI=1S/C59H104N2O14/c1-6-10-14-18-22-26-33-53(62)69-43-48(44-70-54(63)34-27-23-19-15-11-7-2)38-57(66)73-47-50-40-52(42-61(50)59(68)75-51-32-30-31-37-60(5)41-51)74-58(67)39-49(45-71-55(64)35-28-24-20-16-12-8-3)46-72-56(65)36-29-25-21-17-13-9-4/h48-52H,6-47H2,1-5H3/t50-,51?,52-/m1/s1. The smallest absolute Gasteiger partial charge is 0.410 e.